The quantitative estimate of drug-likeness (QED) is 0.729. The molecule has 0 aliphatic heterocycles. The third kappa shape index (κ3) is 5.65. The average molecular weight is 291 g/mol. The van der Waals surface area contributed by atoms with E-state index in [1.807, 2.05) is 25.8 Å². The first-order chi connectivity index (χ1) is 8.49. The van der Waals surface area contributed by atoms with Crippen LogP contribution in [0.2, 0.25) is 0 Å². The molecular formula is C10H17N3O3S2. The van der Waals surface area contributed by atoms with Gasteiger partial charge >= 0.3 is 5.97 Å². The molecule has 0 saturated heterocycles. The highest BCUT2D eigenvalue weighted by molar-refractivity contribution is 8.01. The van der Waals surface area contributed by atoms with E-state index < -0.39 is 5.97 Å². The van der Waals surface area contributed by atoms with Crippen molar-refractivity contribution in [1.82, 2.24) is 10.2 Å². The third-order valence-corrected chi connectivity index (χ3v) is 4.07. The Labute approximate surface area is 114 Å². The van der Waals surface area contributed by atoms with Crippen molar-refractivity contribution in [3.8, 4) is 0 Å². The Morgan fingerprint density at radius 1 is 1.56 bits per heavy atom. The zero-order valence-electron chi connectivity index (χ0n) is 10.6. The number of carboxylic acid groups (broad SMARTS) is 1. The number of rotatable bonds is 8. The van der Waals surface area contributed by atoms with Gasteiger partial charge in [0.1, 0.15) is 0 Å². The minimum atomic E-state index is -0.851. The van der Waals surface area contributed by atoms with E-state index in [4.69, 9.17) is 9.84 Å². The molecule has 0 radical (unpaired) electrons. The van der Waals surface area contributed by atoms with Gasteiger partial charge in [-0.15, -0.1) is 10.2 Å². The van der Waals surface area contributed by atoms with Gasteiger partial charge in [-0.1, -0.05) is 23.1 Å². The summed E-state index contributed by atoms with van der Waals surface area (Å²) < 4.78 is 6.12. The van der Waals surface area contributed by atoms with Crippen LogP contribution in [-0.4, -0.2) is 53.3 Å². The van der Waals surface area contributed by atoms with E-state index in [1.54, 1.807) is 0 Å². The molecule has 1 N–H and O–H groups in total. The normalized spacial score (nSPS) is 10.9. The van der Waals surface area contributed by atoms with Crippen LogP contribution in [-0.2, 0) is 9.53 Å². The monoisotopic (exact) mass is 291 g/mol. The van der Waals surface area contributed by atoms with Gasteiger partial charge in [0.05, 0.1) is 18.5 Å². The minimum Gasteiger partial charge on any atom is -0.481 e. The fraction of sp³-hybridized carbons (Fsp3) is 0.700. The summed E-state index contributed by atoms with van der Waals surface area (Å²) >= 11 is 2.57. The first-order valence-corrected chi connectivity index (χ1v) is 7.30. The second kappa shape index (κ2) is 7.55. The number of likely N-dealkylation sites (N-methyl/N-ethyl adjacent to an activating group) is 1. The molecule has 0 aliphatic carbocycles. The van der Waals surface area contributed by atoms with Crippen molar-refractivity contribution in [2.24, 2.45) is 0 Å². The van der Waals surface area contributed by atoms with Gasteiger partial charge in [0.25, 0.3) is 0 Å². The molecule has 0 aliphatic rings. The third-order valence-electron chi connectivity index (χ3n) is 1.92. The van der Waals surface area contributed by atoms with E-state index in [2.05, 4.69) is 10.2 Å². The molecule has 0 bridgehead atoms. The van der Waals surface area contributed by atoms with E-state index in [-0.39, 0.29) is 11.9 Å². The highest BCUT2D eigenvalue weighted by Crippen LogP contribution is 2.27. The van der Waals surface area contributed by atoms with Crippen LogP contribution >= 0.6 is 23.1 Å². The minimum absolute atomic E-state index is 0.00874. The van der Waals surface area contributed by atoms with E-state index in [0.29, 0.717) is 10.9 Å². The maximum absolute atomic E-state index is 10.4. The van der Waals surface area contributed by atoms with Crippen molar-refractivity contribution in [1.29, 1.82) is 0 Å². The fourth-order valence-corrected chi connectivity index (χ4v) is 2.61. The van der Waals surface area contributed by atoms with Crippen LogP contribution < -0.4 is 4.90 Å². The Hall–Kier alpha value is -0.860. The van der Waals surface area contributed by atoms with Gasteiger partial charge in [-0.05, 0) is 13.8 Å². The largest absolute Gasteiger partial charge is 0.481 e. The van der Waals surface area contributed by atoms with Crippen molar-refractivity contribution < 1.29 is 14.6 Å². The van der Waals surface area contributed by atoms with Crippen molar-refractivity contribution >= 4 is 34.2 Å². The number of hydrogen-bond acceptors (Lipinski definition) is 7. The molecule has 0 saturated carbocycles. The smallest absolute Gasteiger partial charge is 0.313 e. The van der Waals surface area contributed by atoms with E-state index in [9.17, 15) is 4.79 Å². The SMILES string of the molecule is CC(C)OCCN(C)c1nnc(SCC(=O)O)s1. The van der Waals surface area contributed by atoms with Crippen LogP contribution in [0.4, 0.5) is 5.13 Å². The average Bonchev–Trinajstić information content (AvgIpc) is 2.74. The van der Waals surface area contributed by atoms with Crippen molar-refractivity contribution in [2.75, 3.05) is 30.9 Å². The van der Waals surface area contributed by atoms with E-state index in [1.165, 1.54) is 23.1 Å². The molecule has 1 heterocycles. The van der Waals surface area contributed by atoms with Gasteiger partial charge in [-0.25, -0.2) is 0 Å². The number of aliphatic carboxylic acids is 1. The molecule has 102 valence electrons. The highest BCUT2D eigenvalue weighted by Gasteiger charge is 2.10. The Kier molecular flexibility index (Phi) is 6.37. The number of anilines is 1. The van der Waals surface area contributed by atoms with Gasteiger partial charge in [-0.2, -0.15) is 0 Å². The lowest BCUT2D eigenvalue weighted by Gasteiger charge is -2.15. The summed E-state index contributed by atoms with van der Waals surface area (Å²) in [5.74, 6) is -0.843. The van der Waals surface area contributed by atoms with Gasteiger partial charge in [0.2, 0.25) is 5.13 Å². The topological polar surface area (TPSA) is 75.5 Å². The lowest BCUT2D eigenvalue weighted by Crippen LogP contribution is -2.23. The zero-order chi connectivity index (χ0) is 13.5. The number of nitrogens with zero attached hydrogens (tertiary/aromatic N) is 3. The lowest BCUT2D eigenvalue weighted by atomic mass is 10.5. The molecule has 0 aromatic carbocycles. The van der Waals surface area contributed by atoms with Crippen LogP contribution in [0.1, 0.15) is 13.8 Å². The number of ether oxygens (including phenoxy) is 1. The van der Waals surface area contributed by atoms with Crippen molar-refractivity contribution in [2.45, 2.75) is 24.3 Å². The Balaban J connectivity index is 2.39. The second-order valence-corrected chi connectivity index (χ2v) is 6.05. The summed E-state index contributed by atoms with van der Waals surface area (Å²) in [5.41, 5.74) is 0. The summed E-state index contributed by atoms with van der Waals surface area (Å²) in [6.45, 7) is 5.35. The highest BCUT2D eigenvalue weighted by atomic mass is 32.2. The molecule has 0 atom stereocenters. The van der Waals surface area contributed by atoms with E-state index in [0.717, 1.165) is 11.7 Å². The molecule has 0 amide bonds. The summed E-state index contributed by atoms with van der Waals surface area (Å²) in [5, 5.41) is 17.3. The Morgan fingerprint density at radius 2 is 2.28 bits per heavy atom. The molecule has 1 rings (SSSR count). The van der Waals surface area contributed by atoms with Gasteiger partial charge in [0, 0.05) is 13.6 Å². The maximum Gasteiger partial charge on any atom is 0.313 e. The van der Waals surface area contributed by atoms with Crippen LogP contribution in [0.5, 0.6) is 0 Å². The molecule has 0 unspecified atom stereocenters. The lowest BCUT2D eigenvalue weighted by molar-refractivity contribution is -0.133. The summed E-state index contributed by atoms with van der Waals surface area (Å²) in [6.07, 6.45) is 0.217. The number of thioether (sulfide) groups is 1. The summed E-state index contributed by atoms with van der Waals surface area (Å²) in [4.78, 5) is 12.4. The second-order valence-electron chi connectivity index (χ2n) is 3.87. The molecule has 0 spiro atoms. The van der Waals surface area contributed by atoms with Gasteiger partial charge < -0.3 is 14.7 Å². The van der Waals surface area contributed by atoms with Crippen LogP contribution in [0.15, 0.2) is 4.34 Å². The zero-order valence-corrected chi connectivity index (χ0v) is 12.3. The van der Waals surface area contributed by atoms with Crippen LogP contribution in [0.3, 0.4) is 0 Å². The first-order valence-electron chi connectivity index (χ1n) is 5.50. The fourth-order valence-electron chi connectivity index (χ4n) is 1.06. The Bertz CT molecular complexity index is 384. The number of carboxylic acids is 1. The van der Waals surface area contributed by atoms with Gasteiger partial charge in [0.15, 0.2) is 4.34 Å². The molecule has 8 heteroatoms. The molecule has 1 aromatic heterocycles. The number of hydrogen-bond donors (Lipinski definition) is 1. The Morgan fingerprint density at radius 3 is 2.89 bits per heavy atom. The predicted molar refractivity (Wildman–Crippen MR) is 72.6 cm³/mol. The van der Waals surface area contributed by atoms with Crippen LogP contribution in [0.25, 0.3) is 0 Å². The molecular weight excluding hydrogens is 274 g/mol. The van der Waals surface area contributed by atoms with Crippen molar-refractivity contribution in [3.05, 3.63) is 0 Å². The number of aromatic nitrogens is 2. The first kappa shape index (κ1) is 15.2. The summed E-state index contributed by atoms with van der Waals surface area (Å²) in [7, 11) is 1.91. The van der Waals surface area contributed by atoms with Crippen LogP contribution in [0, 0.1) is 0 Å². The van der Waals surface area contributed by atoms with Crippen molar-refractivity contribution in [3.63, 3.8) is 0 Å². The van der Waals surface area contributed by atoms with Gasteiger partial charge in [-0.3, -0.25) is 4.79 Å². The summed E-state index contributed by atoms with van der Waals surface area (Å²) in [6, 6.07) is 0. The predicted octanol–water partition coefficient (Wildman–Crippen LogP) is 1.58. The van der Waals surface area contributed by atoms with E-state index >= 15 is 0 Å². The molecule has 0 fully saturated rings. The molecule has 6 nitrogen and oxygen atoms in total. The molecule has 18 heavy (non-hydrogen) atoms. The number of carbonyl (C=O) groups is 1. The standard InChI is InChI=1S/C10H17N3O3S2/c1-7(2)16-5-4-13(3)9-11-12-10(18-9)17-6-8(14)15/h7H,4-6H2,1-3H3,(H,14,15). The maximum atomic E-state index is 10.4. The molecule has 1 aromatic rings.